The van der Waals surface area contributed by atoms with E-state index in [1.54, 1.807) is 5.57 Å². The molecule has 0 bridgehead atoms. The van der Waals surface area contributed by atoms with E-state index in [0.717, 1.165) is 145 Å². The average Bonchev–Trinajstić information content (AvgIpc) is 3.68. The Kier molecular flexibility index (Phi) is 28.7. The standard InChI is InChI=1S/C63H113NO6/c1-10-12-20-30-51(31-21-13-11-2)43-47-68-59(65)34-24-18-14-16-22-32-53(69-61(67)36-27-46-64(8)9)33-23-17-15-19-25-35-60(66)70-54-41-44-62(6)52(48-54)37-38-55-57-40-39-56(50(5)29-26-28-49(3)4)63(57,7)45-42-58(55)62/h37,49-51,53-58H,10-36,38-48H2,1-9H3/t50?,53?,54-,55?,56+,57?,58?,62-,63+/m0/s1. The third-order valence-electron chi connectivity index (χ3n) is 18.9. The Morgan fingerprint density at radius 1 is 0.629 bits per heavy atom. The number of allylic oxidation sites excluding steroid dienone is 1. The zero-order chi connectivity index (χ0) is 50.8. The smallest absolute Gasteiger partial charge is 0.306 e. The summed E-state index contributed by atoms with van der Waals surface area (Å²) >= 11 is 0. The predicted octanol–water partition coefficient (Wildman–Crippen LogP) is 17.4. The zero-order valence-corrected chi connectivity index (χ0v) is 47.5. The number of rotatable bonds is 38. The van der Waals surface area contributed by atoms with Crippen LogP contribution >= 0.6 is 0 Å². The summed E-state index contributed by atoms with van der Waals surface area (Å²) < 4.78 is 17.9. The van der Waals surface area contributed by atoms with E-state index in [9.17, 15) is 14.4 Å². The van der Waals surface area contributed by atoms with Crippen LogP contribution in [0.2, 0.25) is 0 Å². The highest BCUT2D eigenvalue weighted by molar-refractivity contribution is 5.70. The van der Waals surface area contributed by atoms with E-state index in [1.807, 2.05) is 14.1 Å². The Labute approximate surface area is 432 Å². The van der Waals surface area contributed by atoms with Gasteiger partial charge in [-0.2, -0.15) is 0 Å². The molecule has 0 aromatic heterocycles. The molecule has 7 heteroatoms. The van der Waals surface area contributed by atoms with Gasteiger partial charge in [-0.25, -0.2) is 0 Å². The van der Waals surface area contributed by atoms with Crippen LogP contribution in [0.3, 0.4) is 0 Å². The predicted molar refractivity (Wildman–Crippen MR) is 293 cm³/mol. The van der Waals surface area contributed by atoms with Crippen molar-refractivity contribution in [2.45, 2.75) is 292 Å². The van der Waals surface area contributed by atoms with Gasteiger partial charge in [0.2, 0.25) is 0 Å². The van der Waals surface area contributed by atoms with Crippen molar-refractivity contribution in [1.29, 1.82) is 0 Å². The Morgan fingerprint density at radius 3 is 1.89 bits per heavy atom. The van der Waals surface area contributed by atoms with E-state index in [4.69, 9.17) is 14.2 Å². The summed E-state index contributed by atoms with van der Waals surface area (Å²) in [6, 6.07) is 0. The van der Waals surface area contributed by atoms with E-state index in [0.29, 0.717) is 37.2 Å². The van der Waals surface area contributed by atoms with Gasteiger partial charge in [-0.05, 0) is 169 Å². The zero-order valence-electron chi connectivity index (χ0n) is 47.5. The molecule has 4 aliphatic carbocycles. The molecule has 0 heterocycles. The Morgan fingerprint density at radius 2 is 1.24 bits per heavy atom. The summed E-state index contributed by atoms with van der Waals surface area (Å²) in [4.78, 5) is 40.5. The van der Waals surface area contributed by atoms with Gasteiger partial charge in [0.1, 0.15) is 12.2 Å². The van der Waals surface area contributed by atoms with Crippen LogP contribution in [0, 0.1) is 52.3 Å². The van der Waals surface area contributed by atoms with Gasteiger partial charge in [-0.3, -0.25) is 14.4 Å². The SMILES string of the molecule is CCCCCC(CCCCC)CCOC(=O)CCCCCCCC(CCCCCCCC(=O)O[C@H]1CC[C@@]2(C)C(=CCC3C2CC[C@@]2(C)C3CC[C@@H]2C(C)CCCC(C)C)C1)OC(=O)CCCN(C)C. The third-order valence-corrected chi connectivity index (χ3v) is 18.9. The Hall–Kier alpha value is -1.89. The summed E-state index contributed by atoms with van der Waals surface area (Å²) in [5.41, 5.74) is 2.40. The first-order valence-corrected chi connectivity index (χ1v) is 30.6. The molecule has 70 heavy (non-hydrogen) atoms. The van der Waals surface area contributed by atoms with E-state index in [-0.39, 0.29) is 35.5 Å². The second-order valence-electron chi connectivity index (χ2n) is 25.1. The fourth-order valence-electron chi connectivity index (χ4n) is 14.6. The van der Waals surface area contributed by atoms with Crippen LogP contribution in [0.25, 0.3) is 0 Å². The van der Waals surface area contributed by atoms with Crippen molar-refractivity contribution < 1.29 is 28.6 Å². The molecule has 9 atom stereocenters. The number of carbonyl (C=O) groups is 3. The van der Waals surface area contributed by atoms with Crippen LogP contribution in [-0.4, -0.2) is 62.3 Å². The van der Waals surface area contributed by atoms with Gasteiger partial charge >= 0.3 is 17.9 Å². The molecule has 5 unspecified atom stereocenters. The van der Waals surface area contributed by atoms with E-state index >= 15 is 0 Å². The van der Waals surface area contributed by atoms with Crippen molar-refractivity contribution in [1.82, 2.24) is 4.90 Å². The first-order valence-electron chi connectivity index (χ1n) is 30.6. The van der Waals surface area contributed by atoms with Crippen molar-refractivity contribution >= 4 is 17.9 Å². The molecule has 7 nitrogen and oxygen atoms in total. The molecule has 0 radical (unpaired) electrons. The van der Waals surface area contributed by atoms with Crippen molar-refractivity contribution in [2.75, 3.05) is 27.2 Å². The molecule has 0 aromatic carbocycles. The molecule has 0 N–H and O–H groups in total. The van der Waals surface area contributed by atoms with Crippen molar-refractivity contribution in [3.05, 3.63) is 11.6 Å². The Bertz CT molecular complexity index is 1480. The number of unbranched alkanes of at least 4 members (excludes halogenated alkanes) is 12. The van der Waals surface area contributed by atoms with Gasteiger partial charge in [0.25, 0.3) is 0 Å². The molecule has 406 valence electrons. The average molecular weight is 981 g/mol. The minimum absolute atomic E-state index is 0.00769. The number of hydrogen-bond acceptors (Lipinski definition) is 7. The number of esters is 3. The highest BCUT2D eigenvalue weighted by Gasteiger charge is 2.59. The molecule has 0 aliphatic heterocycles. The van der Waals surface area contributed by atoms with Crippen LogP contribution in [0.4, 0.5) is 0 Å². The quantitative estimate of drug-likeness (QED) is 0.0264. The van der Waals surface area contributed by atoms with E-state index in [2.05, 4.69) is 59.4 Å². The number of ether oxygens (including phenoxy) is 3. The maximum atomic E-state index is 13.1. The lowest BCUT2D eigenvalue weighted by molar-refractivity contribution is -0.152. The van der Waals surface area contributed by atoms with Gasteiger partial charge in [0.05, 0.1) is 6.61 Å². The minimum Gasteiger partial charge on any atom is -0.466 e. The minimum atomic E-state index is -0.0692. The van der Waals surface area contributed by atoms with Crippen LogP contribution < -0.4 is 0 Å². The first-order chi connectivity index (χ1) is 33.7. The summed E-state index contributed by atoms with van der Waals surface area (Å²) in [6.07, 6.45) is 42.5. The van der Waals surface area contributed by atoms with Crippen LogP contribution in [-0.2, 0) is 28.6 Å². The van der Waals surface area contributed by atoms with Gasteiger partial charge in [0, 0.05) is 25.7 Å². The lowest BCUT2D eigenvalue weighted by Gasteiger charge is -2.58. The van der Waals surface area contributed by atoms with E-state index < -0.39 is 0 Å². The molecule has 3 saturated carbocycles. The number of nitrogens with zero attached hydrogens (tertiary/aromatic N) is 1. The first kappa shape index (κ1) is 60.7. The number of carbonyl (C=O) groups excluding carboxylic acids is 3. The van der Waals surface area contributed by atoms with Gasteiger partial charge in [0.15, 0.2) is 0 Å². The molecule has 0 aromatic rings. The third kappa shape index (κ3) is 20.8. The molecule has 0 saturated heterocycles. The summed E-state index contributed by atoms with van der Waals surface area (Å²) in [5.74, 6) is 5.63. The fraction of sp³-hybridized carbons (Fsp3) is 0.921. The molecule has 0 amide bonds. The maximum absolute atomic E-state index is 13.1. The normalized spacial score (nSPS) is 26.1. The monoisotopic (exact) mass is 980 g/mol. The van der Waals surface area contributed by atoms with Crippen molar-refractivity contribution in [2.24, 2.45) is 52.3 Å². The lowest BCUT2D eigenvalue weighted by atomic mass is 9.47. The van der Waals surface area contributed by atoms with Crippen molar-refractivity contribution in [3.63, 3.8) is 0 Å². The summed E-state index contributed by atoms with van der Waals surface area (Å²) in [5, 5.41) is 0. The second kappa shape index (κ2) is 33.1. The molecule has 4 rings (SSSR count). The molecular weight excluding hydrogens is 867 g/mol. The van der Waals surface area contributed by atoms with Gasteiger partial charge in [-0.1, -0.05) is 169 Å². The highest BCUT2D eigenvalue weighted by atomic mass is 16.5. The van der Waals surface area contributed by atoms with Crippen LogP contribution in [0.15, 0.2) is 11.6 Å². The van der Waals surface area contributed by atoms with Crippen LogP contribution in [0.5, 0.6) is 0 Å². The molecule has 3 fully saturated rings. The fourth-order valence-corrected chi connectivity index (χ4v) is 14.6. The largest absolute Gasteiger partial charge is 0.466 e. The highest BCUT2D eigenvalue weighted by Crippen LogP contribution is 2.67. The van der Waals surface area contributed by atoms with Gasteiger partial charge in [-0.15, -0.1) is 0 Å². The van der Waals surface area contributed by atoms with E-state index in [1.165, 1.54) is 109 Å². The summed E-state index contributed by atoms with van der Waals surface area (Å²) in [6.45, 7) is 18.6. The Balaban J connectivity index is 1.09. The molecule has 0 spiro atoms. The summed E-state index contributed by atoms with van der Waals surface area (Å²) in [7, 11) is 4.08. The van der Waals surface area contributed by atoms with Gasteiger partial charge < -0.3 is 19.1 Å². The second-order valence-corrected chi connectivity index (χ2v) is 25.1. The molecular formula is C63H113NO6. The molecule has 4 aliphatic rings. The number of fused-ring (bicyclic) bond motifs is 5. The topological polar surface area (TPSA) is 82.1 Å². The van der Waals surface area contributed by atoms with Crippen LogP contribution in [0.1, 0.15) is 280 Å². The lowest BCUT2D eigenvalue weighted by Crippen LogP contribution is -2.51. The van der Waals surface area contributed by atoms with Crippen molar-refractivity contribution in [3.8, 4) is 0 Å². The maximum Gasteiger partial charge on any atom is 0.306 e. The number of hydrogen-bond donors (Lipinski definition) is 0.